The summed E-state index contributed by atoms with van der Waals surface area (Å²) in [6.45, 7) is 6.14. The Morgan fingerprint density at radius 3 is 2.52 bits per heavy atom. The molecule has 2 aromatic carbocycles. The third-order valence-corrected chi connectivity index (χ3v) is 6.16. The molecule has 0 unspecified atom stereocenters. The lowest BCUT2D eigenvalue weighted by Gasteiger charge is -2.36. The highest BCUT2D eigenvalue weighted by atomic mass is 32.1. The van der Waals surface area contributed by atoms with Gasteiger partial charge in [0.15, 0.2) is 5.11 Å². The number of hydrogen-bond acceptors (Lipinski definition) is 3. The van der Waals surface area contributed by atoms with E-state index in [9.17, 15) is 13.2 Å². The Kier molecular flexibility index (Phi) is 6.99. The number of hydrogen-bond donors (Lipinski definition) is 1. The summed E-state index contributed by atoms with van der Waals surface area (Å²) in [5.74, 6) is 0. The number of nitrogens with one attached hydrogen (secondary N) is 1. The van der Waals surface area contributed by atoms with Gasteiger partial charge in [0.1, 0.15) is 0 Å². The molecule has 5 nitrogen and oxygen atoms in total. The van der Waals surface area contributed by atoms with Crippen LogP contribution in [0.4, 0.5) is 18.9 Å². The van der Waals surface area contributed by atoms with Gasteiger partial charge >= 0.3 is 6.18 Å². The minimum absolute atomic E-state index is 0.490. The molecule has 0 atom stereocenters. The largest absolute Gasteiger partial charge is 0.416 e. The van der Waals surface area contributed by atoms with Crippen LogP contribution in [0.2, 0.25) is 0 Å². The van der Waals surface area contributed by atoms with Crippen molar-refractivity contribution in [2.24, 2.45) is 0 Å². The van der Waals surface area contributed by atoms with Crippen LogP contribution in [0.25, 0.3) is 0 Å². The quantitative estimate of drug-likeness (QED) is 0.540. The van der Waals surface area contributed by atoms with Crippen molar-refractivity contribution in [3.05, 3.63) is 83.2 Å². The molecular formula is C24H26F3N5S. The number of thiocarbonyl (C=S) groups is 1. The lowest BCUT2D eigenvalue weighted by atomic mass is 10.1. The number of halogens is 3. The van der Waals surface area contributed by atoms with Gasteiger partial charge < -0.3 is 10.2 Å². The van der Waals surface area contributed by atoms with Crippen LogP contribution in [0.1, 0.15) is 22.3 Å². The van der Waals surface area contributed by atoms with Gasteiger partial charge in [0.25, 0.3) is 0 Å². The van der Waals surface area contributed by atoms with Crippen molar-refractivity contribution >= 4 is 23.0 Å². The van der Waals surface area contributed by atoms with Gasteiger partial charge in [-0.3, -0.25) is 9.58 Å². The molecule has 1 aliphatic heterocycles. The Bertz CT molecular complexity index is 1100. The molecule has 1 N–H and O–H groups in total. The summed E-state index contributed by atoms with van der Waals surface area (Å²) in [6.07, 6.45) is -0.628. The van der Waals surface area contributed by atoms with Crippen molar-refractivity contribution in [2.45, 2.75) is 26.2 Å². The number of aryl methyl sites for hydroxylation is 1. The molecule has 0 radical (unpaired) electrons. The summed E-state index contributed by atoms with van der Waals surface area (Å²) in [6, 6.07) is 13.8. The van der Waals surface area contributed by atoms with Gasteiger partial charge in [-0.25, -0.2) is 0 Å². The molecule has 1 saturated heterocycles. The first-order chi connectivity index (χ1) is 15.8. The summed E-state index contributed by atoms with van der Waals surface area (Å²) in [7, 11) is 0. The molecule has 0 spiro atoms. The van der Waals surface area contributed by atoms with Gasteiger partial charge in [-0.1, -0.05) is 42.5 Å². The normalized spacial score (nSPS) is 15.0. The van der Waals surface area contributed by atoms with E-state index in [-0.39, 0.29) is 0 Å². The smallest absolute Gasteiger partial charge is 0.346 e. The minimum atomic E-state index is -4.32. The van der Waals surface area contributed by atoms with Crippen LogP contribution in [0.15, 0.2) is 60.9 Å². The topological polar surface area (TPSA) is 36.3 Å². The van der Waals surface area contributed by atoms with E-state index in [2.05, 4.69) is 39.3 Å². The van der Waals surface area contributed by atoms with Crippen molar-refractivity contribution in [1.82, 2.24) is 19.6 Å². The number of aromatic nitrogens is 2. The van der Waals surface area contributed by atoms with Crippen LogP contribution >= 0.6 is 12.2 Å². The Balaban J connectivity index is 1.27. The van der Waals surface area contributed by atoms with E-state index >= 15 is 0 Å². The fourth-order valence-corrected chi connectivity index (χ4v) is 4.19. The molecule has 1 fully saturated rings. The first-order valence-electron chi connectivity index (χ1n) is 10.8. The highest BCUT2D eigenvalue weighted by Gasteiger charge is 2.30. The van der Waals surface area contributed by atoms with E-state index in [0.29, 0.717) is 36.9 Å². The van der Waals surface area contributed by atoms with E-state index in [1.54, 1.807) is 12.3 Å². The number of alkyl halides is 3. The van der Waals surface area contributed by atoms with Gasteiger partial charge in [-0.2, -0.15) is 18.3 Å². The summed E-state index contributed by atoms with van der Waals surface area (Å²) in [5, 5.41) is 8.30. The molecule has 0 aliphatic carbocycles. The number of anilines is 1. The molecule has 9 heteroatoms. The van der Waals surface area contributed by atoms with Crippen LogP contribution in [0, 0.1) is 6.92 Å². The zero-order valence-electron chi connectivity index (χ0n) is 18.3. The highest BCUT2D eigenvalue weighted by molar-refractivity contribution is 7.80. The van der Waals surface area contributed by atoms with E-state index in [1.165, 1.54) is 23.3 Å². The van der Waals surface area contributed by atoms with E-state index in [0.717, 1.165) is 24.8 Å². The van der Waals surface area contributed by atoms with Crippen LogP contribution in [0.5, 0.6) is 0 Å². The SMILES string of the molecule is Cc1ccccc1Cn1cc(NC(=S)N2CCN(Cc3cccc(C(F)(F)F)c3)CC2)cn1. The Morgan fingerprint density at radius 2 is 1.79 bits per heavy atom. The number of piperazine rings is 1. The van der Waals surface area contributed by atoms with Crippen LogP contribution in [0.3, 0.4) is 0 Å². The van der Waals surface area contributed by atoms with Gasteiger partial charge in [-0.15, -0.1) is 0 Å². The lowest BCUT2D eigenvalue weighted by molar-refractivity contribution is -0.137. The average Bonchev–Trinajstić information content (AvgIpc) is 3.22. The third kappa shape index (κ3) is 6.11. The fraction of sp³-hybridized carbons (Fsp3) is 0.333. The van der Waals surface area contributed by atoms with Crippen LogP contribution < -0.4 is 5.32 Å². The summed E-state index contributed by atoms with van der Waals surface area (Å²) in [4.78, 5) is 4.23. The predicted molar refractivity (Wildman–Crippen MR) is 127 cm³/mol. The Hall–Kier alpha value is -2.91. The minimum Gasteiger partial charge on any atom is -0.346 e. The van der Waals surface area contributed by atoms with Gasteiger partial charge in [-0.05, 0) is 41.9 Å². The third-order valence-electron chi connectivity index (χ3n) is 5.80. The molecule has 174 valence electrons. The lowest BCUT2D eigenvalue weighted by Crippen LogP contribution is -2.49. The first-order valence-corrected chi connectivity index (χ1v) is 11.2. The summed E-state index contributed by atoms with van der Waals surface area (Å²) in [5.41, 5.74) is 3.33. The first kappa shape index (κ1) is 23.3. The molecule has 3 aromatic rings. The predicted octanol–water partition coefficient (Wildman–Crippen LogP) is 4.77. The molecule has 2 heterocycles. The number of benzene rings is 2. The maximum Gasteiger partial charge on any atom is 0.416 e. The summed E-state index contributed by atoms with van der Waals surface area (Å²) >= 11 is 5.58. The fourth-order valence-electron chi connectivity index (χ4n) is 3.89. The van der Waals surface area contributed by atoms with Gasteiger partial charge in [0.05, 0.1) is 24.0 Å². The maximum atomic E-state index is 12.9. The maximum absolute atomic E-state index is 12.9. The average molecular weight is 474 g/mol. The van der Waals surface area contributed by atoms with Crippen LogP contribution in [-0.4, -0.2) is 50.9 Å². The molecule has 0 saturated carbocycles. The Morgan fingerprint density at radius 1 is 1.03 bits per heavy atom. The van der Waals surface area contributed by atoms with Gasteiger partial charge in [0.2, 0.25) is 0 Å². The standard InChI is InChI=1S/C24H26F3N5S/c1-18-5-2-3-7-20(18)16-32-17-22(14-28-32)29-23(33)31-11-9-30(10-12-31)15-19-6-4-8-21(13-19)24(25,26)27/h2-8,13-14,17H,9-12,15-16H2,1H3,(H,29,33). The number of nitrogens with zero attached hydrogens (tertiary/aromatic N) is 4. The second-order valence-corrected chi connectivity index (χ2v) is 8.63. The van der Waals surface area contributed by atoms with Crippen molar-refractivity contribution in [3.63, 3.8) is 0 Å². The Labute approximate surface area is 196 Å². The second-order valence-electron chi connectivity index (χ2n) is 8.24. The molecule has 1 aliphatic rings. The van der Waals surface area contributed by atoms with Gasteiger partial charge in [0, 0.05) is 38.9 Å². The molecule has 4 rings (SSSR count). The second kappa shape index (κ2) is 9.93. The summed E-state index contributed by atoms with van der Waals surface area (Å²) < 4.78 is 40.7. The molecule has 33 heavy (non-hydrogen) atoms. The highest BCUT2D eigenvalue weighted by Crippen LogP contribution is 2.29. The molecule has 0 bridgehead atoms. The van der Waals surface area contributed by atoms with Crippen molar-refractivity contribution in [3.8, 4) is 0 Å². The molecule has 0 amide bonds. The van der Waals surface area contributed by atoms with Crippen molar-refractivity contribution in [1.29, 1.82) is 0 Å². The zero-order valence-corrected chi connectivity index (χ0v) is 19.2. The number of rotatable bonds is 5. The van der Waals surface area contributed by atoms with E-state index in [1.807, 2.05) is 23.0 Å². The van der Waals surface area contributed by atoms with E-state index in [4.69, 9.17) is 12.2 Å². The van der Waals surface area contributed by atoms with E-state index < -0.39 is 11.7 Å². The monoisotopic (exact) mass is 473 g/mol. The van der Waals surface area contributed by atoms with Crippen LogP contribution in [-0.2, 0) is 19.3 Å². The zero-order chi connectivity index (χ0) is 23.4. The molecular weight excluding hydrogens is 447 g/mol. The van der Waals surface area contributed by atoms with Crippen molar-refractivity contribution in [2.75, 3.05) is 31.5 Å². The van der Waals surface area contributed by atoms with Crippen molar-refractivity contribution < 1.29 is 13.2 Å². The molecule has 1 aromatic heterocycles.